The molecule has 1 aliphatic rings. The van der Waals surface area contributed by atoms with Crippen molar-refractivity contribution < 1.29 is 4.52 Å². The number of H-pyrrole nitrogens is 1. The van der Waals surface area contributed by atoms with Crippen molar-refractivity contribution in [1.82, 2.24) is 20.1 Å². The molecule has 4 rings (SSSR count). The van der Waals surface area contributed by atoms with Gasteiger partial charge >= 0.3 is 0 Å². The monoisotopic (exact) mass is 345 g/mol. The van der Waals surface area contributed by atoms with Gasteiger partial charge in [0.05, 0.1) is 11.9 Å². The highest BCUT2D eigenvalue weighted by Crippen LogP contribution is 2.35. The Morgan fingerprint density at radius 3 is 3.04 bits per heavy atom. The Balaban J connectivity index is 1.62. The van der Waals surface area contributed by atoms with Crippen LogP contribution >= 0.6 is 11.3 Å². The van der Waals surface area contributed by atoms with E-state index in [1.165, 1.54) is 10.4 Å². The van der Waals surface area contributed by atoms with E-state index < -0.39 is 0 Å². The van der Waals surface area contributed by atoms with Gasteiger partial charge in [-0.25, -0.2) is 4.98 Å². The fraction of sp³-hybridized carbons (Fsp3) is 0.500. The quantitative estimate of drug-likeness (QED) is 0.745. The molecule has 126 valence electrons. The fourth-order valence-corrected chi connectivity index (χ4v) is 4.61. The summed E-state index contributed by atoms with van der Waals surface area (Å²) >= 11 is 1.66. The highest BCUT2D eigenvalue weighted by Gasteiger charge is 2.23. The van der Waals surface area contributed by atoms with Crippen LogP contribution in [0.1, 0.15) is 41.3 Å². The lowest BCUT2D eigenvalue weighted by atomic mass is 9.89. The average Bonchev–Trinajstić information content (AvgIpc) is 3.16. The molecule has 1 unspecified atom stereocenters. The third-order valence-electron chi connectivity index (χ3n) is 4.48. The number of aromatic nitrogens is 4. The lowest BCUT2D eigenvalue weighted by molar-refractivity contribution is 0.372. The van der Waals surface area contributed by atoms with E-state index in [0.717, 1.165) is 29.5 Å². The van der Waals surface area contributed by atoms with Crippen LogP contribution in [0, 0.1) is 5.92 Å². The Morgan fingerprint density at radius 1 is 1.38 bits per heavy atom. The van der Waals surface area contributed by atoms with Crippen molar-refractivity contribution in [1.29, 1.82) is 0 Å². The summed E-state index contributed by atoms with van der Waals surface area (Å²) in [5.74, 6) is 2.34. The van der Waals surface area contributed by atoms with Crippen LogP contribution in [0.4, 0.5) is 0 Å². The molecule has 24 heavy (non-hydrogen) atoms. The molecule has 3 N–H and O–H groups in total. The molecule has 8 heteroatoms. The van der Waals surface area contributed by atoms with Crippen LogP contribution in [-0.4, -0.2) is 20.1 Å². The molecular formula is C16H19N5O2S. The molecule has 0 spiro atoms. The van der Waals surface area contributed by atoms with Crippen molar-refractivity contribution in [3.05, 3.63) is 38.3 Å². The minimum Gasteiger partial charge on any atom is -0.339 e. The number of nitrogens with one attached hydrogen (secondary N) is 1. The molecule has 7 nitrogen and oxygen atoms in total. The van der Waals surface area contributed by atoms with Crippen LogP contribution in [0.5, 0.6) is 0 Å². The first kappa shape index (κ1) is 15.5. The molecule has 3 aromatic rings. The van der Waals surface area contributed by atoms with E-state index in [0.29, 0.717) is 36.3 Å². The van der Waals surface area contributed by atoms with Crippen LogP contribution in [-0.2, 0) is 32.2 Å². The Morgan fingerprint density at radius 2 is 2.25 bits per heavy atom. The Bertz CT molecular complexity index is 942. The van der Waals surface area contributed by atoms with Gasteiger partial charge in [0, 0.05) is 17.7 Å². The van der Waals surface area contributed by atoms with Crippen LogP contribution in [0.15, 0.2) is 9.32 Å². The maximum Gasteiger partial charge on any atom is 0.259 e. The van der Waals surface area contributed by atoms with Crippen LogP contribution in [0.2, 0.25) is 0 Å². The smallest absolute Gasteiger partial charge is 0.259 e. The summed E-state index contributed by atoms with van der Waals surface area (Å²) in [6.07, 6.45) is 4.25. The molecule has 0 aromatic carbocycles. The minimum atomic E-state index is -0.0322. The van der Waals surface area contributed by atoms with E-state index in [1.807, 2.05) is 0 Å². The summed E-state index contributed by atoms with van der Waals surface area (Å²) in [5.41, 5.74) is 6.64. The van der Waals surface area contributed by atoms with Gasteiger partial charge in [-0.15, -0.1) is 11.3 Å². The highest BCUT2D eigenvalue weighted by molar-refractivity contribution is 7.18. The Hall–Kier alpha value is -2.06. The number of nitrogens with zero attached hydrogens (tertiary/aromatic N) is 3. The van der Waals surface area contributed by atoms with E-state index in [2.05, 4.69) is 27.0 Å². The van der Waals surface area contributed by atoms with Gasteiger partial charge in [-0.1, -0.05) is 12.1 Å². The summed E-state index contributed by atoms with van der Waals surface area (Å²) in [4.78, 5) is 26.4. The van der Waals surface area contributed by atoms with E-state index in [1.54, 1.807) is 11.3 Å². The van der Waals surface area contributed by atoms with Gasteiger partial charge in [-0.2, -0.15) is 4.98 Å². The molecule has 0 saturated heterocycles. The van der Waals surface area contributed by atoms with Crippen molar-refractivity contribution >= 4 is 21.6 Å². The summed E-state index contributed by atoms with van der Waals surface area (Å²) < 4.78 is 5.11. The number of aromatic amines is 1. The van der Waals surface area contributed by atoms with Gasteiger partial charge in [0.15, 0.2) is 5.82 Å². The standard InChI is InChI=1S/C16H19N5O2S/c1-8-2-3-9-10(6-8)24-16-14(9)15(22)19-11(20-16)4-5-13-18-12(7-17)21-23-13/h8H,2-7,17H2,1H3,(H,19,20,22). The van der Waals surface area contributed by atoms with Gasteiger partial charge in [0.1, 0.15) is 10.7 Å². The normalized spacial score (nSPS) is 17.3. The first-order valence-corrected chi connectivity index (χ1v) is 9.00. The van der Waals surface area contributed by atoms with E-state index in [4.69, 9.17) is 10.3 Å². The molecule has 3 heterocycles. The first-order chi connectivity index (χ1) is 11.6. The molecular weight excluding hydrogens is 326 g/mol. The summed E-state index contributed by atoms with van der Waals surface area (Å²) in [6.45, 7) is 2.51. The third kappa shape index (κ3) is 2.76. The van der Waals surface area contributed by atoms with Gasteiger partial charge in [-0.05, 0) is 30.7 Å². The number of fused-ring (bicyclic) bond motifs is 3. The van der Waals surface area contributed by atoms with Gasteiger partial charge in [-0.3, -0.25) is 4.79 Å². The summed E-state index contributed by atoms with van der Waals surface area (Å²) in [5, 5.41) is 4.55. The maximum atomic E-state index is 12.5. The maximum absolute atomic E-state index is 12.5. The molecule has 0 radical (unpaired) electrons. The van der Waals surface area contributed by atoms with Crippen molar-refractivity contribution in [2.45, 2.75) is 45.6 Å². The fourth-order valence-electron chi connectivity index (χ4n) is 3.21. The first-order valence-electron chi connectivity index (χ1n) is 8.19. The largest absolute Gasteiger partial charge is 0.339 e. The van der Waals surface area contributed by atoms with Crippen molar-refractivity contribution in [3.8, 4) is 0 Å². The Labute approximate surface area is 142 Å². The molecule has 0 amide bonds. The van der Waals surface area contributed by atoms with Gasteiger partial charge in [0.25, 0.3) is 5.56 Å². The van der Waals surface area contributed by atoms with Crippen molar-refractivity contribution in [2.24, 2.45) is 11.7 Å². The minimum absolute atomic E-state index is 0.0322. The van der Waals surface area contributed by atoms with Crippen LogP contribution in [0.3, 0.4) is 0 Å². The molecule has 1 aliphatic carbocycles. The molecule has 3 aromatic heterocycles. The lowest BCUT2D eigenvalue weighted by Crippen LogP contribution is -2.15. The van der Waals surface area contributed by atoms with E-state index in [9.17, 15) is 4.79 Å². The van der Waals surface area contributed by atoms with Gasteiger partial charge in [0.2, 0.25) is 5.89 Å². The zero-order valence-electron chi connectivity index (χ0n) is 13.5. The number of rotatable bonds is 4. The number of thiophene rings is 1. The summed E-state index contributed by atoms with van der Waals surface area (Å²) in [7, 11) is 0. The lowest BCUT2D eigenvalue weighted by Gasteiger charge is -2.17. The second-order valence-electron chi connectivity index (χ2n) is 6.35. The molecule has 0 bridgehead atoms. The van der Waals surface area contributed by atoms with E-state index >= 15 is 0 Å². The van der Waals surface area contributed by atoms with Crippen molar-refractivity contribution in [3.63, 3.8) is 0 Å². The number of hydrogen-bond acceptors (Lipinski definition) is 7. The van der Waals surface area contributed by atoms with E-state index in [-0.39, 0.29) is 12.1 Å². The van der Waals surface area contributed by atoms with Crippen LogP contribution < -0.4 is 11.3 Å². The van der Waals surface area contributed by atoms with Crippen LogP contribution in [0.25, 0.3) is 10.2 Å². The average molecular weight is 345 g/mol. The number of hydrogen-bond donors (Lipinski definition) is 2. The zero-order chi connectivity index (χ0) is 16.7. The molecule has 0 saturated carbocycles. The molecule has 1 atom stereocenters. The molecule has 0 fully saturated rings. The molecule has 0 aliphatic heterocycles. The van der Waals surface area contributed by atoms with Gasteiger partial charge < -0.3 is 15.2 Å². The summed E-state index contributed by atoms with van der Waals surface area (Å²) in [6, 6.07) is 0. The second kappa shape index (κ2) is 6.10. The second-order valence-corrected chi connectivity index (χ2v) is 7.44. The SMILES string of the molecule is CC1CCc2c(sc3nc(CCc4nc(CN)no4)[nH]c(=O)c23)C1. The third-order valence-corrected chi connectivity index (χ3v) is 5.63. The predicted molar refractivity (Wildman–Crippen MR) is 91.0 cm³/mol. The zero-order valence-corrected chi connectivity index (χ0v) is 14.3. The number of aryl methyl sites for hydroxylation is 3. The highest BCUT2D eigenvalue weighted by atomic mass is 32.1. The van der Waals surface area contributed by atoms with Crippen molar-refractivity contribution in [2.75, 3.05) is 0 Å². The number of nitrogens with two attached hydrogens (primary N) is 1. The predicted octanol–water partition coefficient (Wildman–Crippen LogP) is 1.74. The topological polar surface area (TPSA) is 111 Å². The Kier molecular flexibility index (Phi) is 3.93.